The summed E-state index contributed by atoms with van der Waals surface area (Å²) < 4.78 is 2.11. The monoisotopic (exact) mass is 169 g/mol. The van der Waals surface area contributed by atoms with Crippen LogP contribution in [0.4, 0.5) is 0 Å². The first kappa shape index (κ1) is 7.94. The van der Waals surface area contributed by atoms with Crippen LogP contribution in [0.25, 0.3) is 10.9 Å². The summed E-state index contributed by atoms with van der Waals surface area (Å²) in [6.07, 6.45) is 8.07. The minimum absolute atomic E-state index is 0.710. The highest BCUT2D eigenvalue weighted by atomic mass is 14.9. The largest absolute Gasteiger partial charge is 0.351 e. The van der Waals surface area contributed by atoms with E-state index in [1.165, 1.54) is 16.5 Å². The lowest BCUT2D eigenvalue weighted by Gasteiger charge is -1.99. The standard InChI is InChI=1S/C12H11N/c1-3-5-10-6-4-7-12-11(10)8-9-13(12)2/h1,4,6-9H,5H2,2H3. The molecule has 0 unspecified atom stereocenters. The van der Waals surface area contributed by atoms with E-state index in [-0.39, 0.29) is 0 Å². The summed E-state index contributed by atoms with van der Waals surface area (Å²) in [7, 11) is 2.04. The van der Waals surface area contributed by atoms with Crippen LogP contribution < -0.4 is 0 Å². The summed E-state index contributed by atoms with van der Waals surface area (Å²) in [6.45, 7) is 0. The van der Waals surface area contributed by atoms with E-state index in [4.69, 9.17) is 6.42 Å². The molecule has 2 rings (SSSR count). The van der Waals surface area contributed by atoms with Crippen molar-refractivity contribution in [3.05, 3.63) is 36.0 Å². The van der Waals surface area contributed by atoms with Gasteiger partial charge < -0.3 is 4.57 Å². The van der Waals surface area contributed by atoms with Crippen molar-refractivity contribution in [2.24, 2.45) is 7.05 Å². The molecule has 64 valence electrons. The average Bonchev–Trinajstić information content (AvgIpc) is 2.50. The van der Waals surface area contributed by atoms with Crippen molar-refractivity contribution in [3.8, 4) is 12.3 Å². The molecule has 0 spiro atoms. The first-order valence-corrected chi connectivity index (χ1v) is 4.29. The SMILES string of the molecule is C#CCc1cccc2c1ccn2C. The Bertz CT molecular complexity index is 471. The second kappa shape index (κ2) is 2.99. The smallest absolute Gasteiger partial charge is 0.0480 e. The highest BCUT2D eigenvalue weighted by Gasteiger charge is 2.01. The summed E-state index contributed by atoms with van der Waals surface area (Å²) in [5.74, 6) is 2.68. The fourth-order valence-electron chi connectivity index (χ4n) is 1.63. The normalized spacial score (nSPS) is 10.2. The van der Waals surface area contributed by atoms with Gasteiger partial charge in [0.15, 0.2) is 0 Å². The first-order valence-electron chi connectivity index (χ1n) is 4.29. The van der Waals surface area contributed by atoms with Gasteiger partial charge in [-0.15, -0.1) is 12.3 Å². The highest BCUT2D eigenvalue weighted by Crippen LogP contribution is 2.19. The minimum Gasteiger partial charge on any atom is -0.351 e. The van der Waals surface area contributed by atoms with Gasteiger partial charge in [0.1, 0.15) is 0 Å². The van der Waals surface area contributed by atoms with E-state index in [0.29, 0.717) is 6.42 Å². The van der Waals surface area contributed by atoms with Crippen molar-refractivity contribution >= 4 is 10.9 Å². The molecule has 1 nitrogen and oxygen atoms in total. The average molecular weight is 169 g/mol. The third kappa shape index (κ3) is 1.21. The Balaban J connectivity index is 2.71. The molecule has 13 heavy (non-hydrogen) atoms. The Hall–Kier alpha value is -1.68. The van der Waals surface area contributed by atoms with Crippen molar-refractivity contribution in [1.29, 1.82) is 0 Å². The van der Waals surface area contributed by atoms with E-state index in [9.17, 15) is 0 Å². The van der Waals surface area contributed by atoms with Crippen molar-refractivity contribution in [1.82, 2.24) is 4.57 Å². The number of terminal acetylenes is 1. The number of hydrogen-bond acceptors (Lipinski definition) is 0. The van der Waals surface area contributed by atoms with E-state index in [0.717, 1.165) is 0 Å². The lowest BCUT2D eigenvalue weighted by molar-refractivity contribution is 0.969. The molecule has 1 aromatic heterocycles. The fraction of sp³-hybridized carbons (Fsp3) is 0.167. The van der Waals surface area contributed by atoms with Crippen LogP contribution >= 0.6 is 0 Å². The molecular formula is C12H11N. The van der Waals surface area contributed by atoms with Crippen LogP contribution in [0.3, 0.4) is 0 Å². The third-order valence-corrected chi connectivity index (χ3v) is 2.31. The fourth-order valence-corrected chi connectivity index (χ4v) is 1.63. The maximum Gasteiger partial charge on any atom is 0.0480 e. The van der Waals surface area contributed by atoms with Gasteiger partial charge in [-0.05, 0) is 17.7 Å². The Morgan fingerprint density at radius 2 is 2.23 bits per heavy atom. The molecule has 2 aromatic rings. The molecule has 0 fully saturated rings. The number of hydrogen-bond donors (Lipinski definition) is 0. The summed E-state index contributed by atoms with van der Waals surface area (Å²) in [5, 5.41) is 1.27. The van der Waals surface area contributed by atoms with Gasteiger partial charge >= 0.3 is 0 Å². The molecule has 0 saturated carbocycles. The molecule has 0 atom stereocenters. The topological polar surface area (TPSA) is 4.93 Å². The molecular weight excluding hydrogens is 158 g/mol. The third-order valence-electron chi connectivity index (χ3n) is 2.31. The van der Waals surface area contributed by atoms with Gasteiger partial charge in [0.25, 0.3) is 0 Å². The van der Waals surface area contributed by atoms with Crippen molar-refractivity contribution < 1.29 is 0 Å². The van der Waals surface area contributed by atoms with Gasteiger partial charge in [0.05, 0.1) is 0 Å². The Morgan fingerprint density at radius 3 is 3.00 bits per heavy atom. The molecule has 0 radical (unpaired) electrons. The van der Waals surface area contributed by atoms with E-state index < -0.39 is 0 Å². The van der Waals surface area contributed by atoms with Crippen LogP contribution in [0.5, 0.6) is 0 Å². The van der Waals surface area contributed by atoms with Gasteiger partial charge in [-0.25, -0.2) is 0 Å². The maximum atomic E-state index is 5.30. The zero-order valence-electron chi connectivity index (χ0n) is 7.62. The quantitative estimate of drug-likeness (QED) is 0.577. The van der Waals surface area contributed by atoms with Gasteiger partial charge in [0, 0.05) is 30.6 Å². The number of rotatable bonds is 1. The van der Waals surface area contributed by atoms with Crippen molar-refractivity contribution in [3.63, 3.8) is 0 Å². The summed E-state index contributed by atoms with van der Waals surface area (Å²) in [4.78, 5) is 0. The van der Waals surface area contributed by atoms with E-state index in [2.05, 4.69) is 40.9 Å². The molecule has 0 amide bonds. The zero-order valence-corrected chi connectivity index (χ0v) is 7.62. The summed E-state index contributed by atoms with van der Waals surface area (Å²) in [6, 6.07) is 8.36. The van der Waals surface area contributed by atoms with Crippen LogP contribution in [0.2, 0.25) is 0 Å². The predicted molar refractivity (Wildman–Crippen MR) is 55.5 cm³/mol. The lowest BCUT2D eigenvalue weighted by atomic mass is 10.1. The maximum absolute atomic E-state index is 5.30. The molecule has 0 aliphatic carbocycles. The lowest BCUT2D eigenvalue weighted by Crippen LogP contribution is -1.86. The molecule has 1 aromatic carbocycles. The van der Waals surface area contributed by atoms with E-state index in [1.54, 1.807) is 0 Å². The number of benzene rings is 1. The van der Waals surface area contributed by atoms with Gasteiger partial charge in [-0.3, -0.25) is 0 Å². The van der Waals surface area contributed by atoms with Gasteiger partial charge in [-0.1, -0.05) is 12.1 Å². The second-order valence-electron chi connectivity index (χ2n) is 3.16. The first-order chi connectivity index (χ1) is 6.33. The molecule has 0 N–H and O–H groups in total. The van der Waals surface area contributed by atoms with Crippen molar-refractivity contribution in [2.45, 2.75) is 6.42 Å². The van der Waals surface area contributed by atoms with Crippen LogP contribution in [-0.4, -0.2) is 4.57 Å². The molecule has 0 aliphatic heterocycles. The molecule has 0 saturated heterocycles. The number of aromatic nitrogens is 1. The minimum atomic E-state index is 0.710. The molecule has 0 aliphatic rings. The molecule has 1 heteroatoms. The van der Waals surface area contributed by atoms with E-state index >= 15 is 0 Å². The van der Waals surface area contributed by atoms with Crippen molar-refractivity contribution in [2.75, 3.05) is 0 Å². The van der Waals surface area contributed by atoms with Crippen LogP contribution in [0.15, 0.2) is 30.5 Å². The Morgan fingerprint density at radius 1 is 1.38 bits per heavy atom. The summed E-state index contributed by atoms with van der Waals surface area (Å²) >= 11 is 0. The van der Waals surface area contributed by atoms with Crippen LogP contribution in [-0.2, 0) is 13.5 Å². The summed E-state index contributed by atoms with van der Waals surface area (Å²) in [5.41, 5.74) is 2.48. The predicted octanol–water partition coefficient (Wildman–Crippen LogP) is 2.35. The number of fused-ring (bicyclic) bond motifs is 1. The Kier molecular flexibility index (Phi) is 1.83. The highest BCUT2D eigenvalue weighted by molar-refractivity contribution is 5.83. The van der Waals surface area contributed by atoms with Crippen LogP contribution in [0.1, 0.15) is 5.56 Å². The van der Waals surface area contributed by atoms with Gasteiger partial charge in [-0.2, -0.15) is 0 Å². The van der Waals surface area contributed by atoms with E-state index in [1.807, 2.05) is 7.05 Å². The van der Waals surface area contributed by atoms with Crippen LogP contribution in [0, 0.1) is 12.3 Å². The number of aryl methyl sites for hydroxylation is 1. The Labute approximate surface area is 78.0 Å². The second-order valence-corrected chi connectivity index (χ2v) is 3.16. The van der Waals surface area contributed by atoms with Gasteiger partial charge in [0.2, 0.25) is 0 Å². The zero-order chi connectivity index (χ0) is 9.26. The number of nitrogens with zero attached hydrogens (tertiary/aromatic N) is 1. The molecule has 1 heterocycles. The molecule has 0 bridgehead atoms.